The monoisotopic (exact) mass is 416 g/mol. The fourth-order valence-corrected chi connectivity index (χ4v) is 3.04. The summed E-state index contributed by atoms with van der Waals surface area (Å²) in [6.07, 6.45) is -1.92. The van der Waals surface area contributed by atoms with Gasteiger partial charge in [0, 0.05) is 38.7 Å². The van der Waals surface area contributed by atoms with E-state index in [1.807, 2.05) is 16.7 Å². The van der Waals surface area contributed by atoms with Gasteiger partial charge in [0.15, 0.2) is 0 Å². The van der Waals surface area contributed by atoms with E-state index < -0.39 is 17.1 Å². The minimum Gasteiger partial charge on any atom is -0.385 e. The zero-order chi connectivity index (χ0) is 20.7. The highest BCUT2D eigenvalue weighted by atomic mass is 35.5. The van der Waals surface area contributed by atoms with Crippen molar-refractivity contribution in [2.24, 2.45) is 0 Å². The first-order valence-corrected chi connectivity index (χ1v) is 9.38. The molecule has 1 heterocycles. The van der Waals surface area contributed by atoms with Crippen molar-refractivity contribution < 1.29 is 22.7 Å². The maximum Gasteiger partial charge on any atom is 0.416 e. The first-order chi connectivity index (χ1) is 13.2. The van der Waals surface area contributed by atoms with Crippen molar-refractivity contribution in [1.29, 1.82) is 0 Å². The summed E-state index contributed by atoms with van der Waals surface area (Å²) in [5.74, 6) is -0.190. The van der Waals surface area contributed by atoms with Gasteiger partial charge in [-0.05, 0) is 43.2 Å². The Morgan fingerprint density at radius 3 is 2.68 bits per heavy atom. The summed E-state index contributed by atoms with van der Waals surface area (Å²) in [7, 11) is 1.59. The Bertz CT molecular complexity index is 775. The van der Waals surface area contributed by atoms with Crippen molar-refractivity contribution in [2.45, 2.75) is 38.0 Å². The first kappa shape index (κ1) is 22.3. The summed E-state index contributed by atoms with van der Waals surface area (Å²) >= 11 is 5.97. The maximum atomic E-state index is 12.9. The van der Waals surface area contributed by atoms with E-state index in [-0.39, 0.29) is 12.5 Å². The van der Waals surface area contributed by atoms with E-state index >= 15 is 0 Å². The van der Waals surface area contributed by atoms with E-state index in [1.54, 1.807) is 31.2 Å². The van der Waals surface area contributed by atoms with Crippen molar-refractivity contribution in [3.8, 4) is 0 Å². The smallest absolute Gasteiger partial charge is 0.385 e. The third-order valence-corrected chi connectivity index (χ3v) is 4.50. The molecular weight excluding hydrogens is 393 g/mol. The largest absolute Gasteiger partial charge is 0.416 e. The number of rotatable bonds is 9. The third kappa shape index (κ3) is 6.27. The van der Waals surface area contributed by atoms with Crippen LogP contribution in [0.4, 0.5) is 13.2 Å². The van der Waals surface area contributed by atoms with Crippen LogP contribution >= 0.6 is 11.6 Å². The predicted molar refractivity (Wildman–Crippen MR) is 102 cm³/mol. The Morgan fingerprint density at radius 1 is 1.29 bits per heavy atom. The number of nitrogens with zero attached hydrogens (tertiary/aromatic N) is 2. The third-order valence-electron chi connectivity index (χ3n) is 4.31. The second kappa shape index (κ2) is 9.98. The first-order valence-electron chi connectivity index (χ1n) is 8.94. The van der Waals surface area contributed by atoms with Crippen molar-refractivity contribution in [2.75, 3.05) is 20.3 Å². The normalized spacial score (nSPS) is 12.8. The molecule has 0 aliphatic heterocycles. The Morgan fingerprint density at radius 2 is 2.04 bits per heavy atom. The number of alkyl halides is 4. The average molecular weight is 417 g/mol. The van der Waals surface area contributed by atoms with Crippen LogP contribution in [0.2, 0.25) is 0 Å². The number of methoxy groups -OCH3 is 1. The standard InChI is InChI=1S/C20H24ClF3N2O2/c1-15(21)19(27)26(10-5-11-28-2)14-18-8-4-9-25(18)13-16-6-3-7-17(12-16)20(22,23)24/h3-4,6-9,12,15H,5,10-11,13-14H2,1-2H3. The summed E-state index contributed by atoms with van der Waals surface area (Å²) in [4.78, 5) is 14.1. The lowest BCUT2D eigenvalue weighted by molar-refractivity contribution is -0.137. The molecule has 0 aliphatic rings. The molecule has 1 aromatic carbocycles. The molecule has 2 rings (SSSR count). The summed E-state index contributed by atoms with van der Waals surface area (Å²) in [5, 5.41) is -0.658. The molecule has 0 spiro atoms. The van der Waals surface area contributed by atoms with Crippen LogP contribution in [-0.2, 0) is 28.8 Å². The Labute approximate surface area is 167 Å². The Balaban J connectivity index is 2.16. The summed E-state index contributed by atoms with van der Waals surface area (Å²) in [5.41, 5.74) is 0.682. The molecule has 0 saturated heterocycles. The van der Waals surface area contributed by atoms with Crippen molar-refractivity contribution >= 4 is 17.5 Å². The minimum atomic E-state index is -4.38. The fourth-order valence-electron chi connectivity index (χ4n) is 2.90. The highest BCUT2D eigenvalue weighted by Crippen LogP contribution is 2.29. The van der Waals surface area contributed by atoms with E-state index in [0.29, 0.717) is 31.7 Å². The van der Waals surface area contributed by atoms with E-state index in [9.17, 15) is 18.0 Å². The van der Waals surface area contributed by atoms with Crippen molar-refractivity contribution in [3.63, 3.8) is 0 Å². The molecule has 154 valence electrons. The molecule has 0 aliphatic carbocycles. The van der Waals surface area contributed by atoms with Crippen LogP contribution < -0.4 is 0 Å². The van der Waals surface area contributed by atoms with Gasteiger partial charge in [-0.3, -0.25) is 4.79 Å². The lowest BCUT2D eigenvalue weighted by Gasteiger charge is -2.24. The van der Waals surface area contributed by atoms with Gasteiger partial charge in [0.2, 0.25) is 5.91 Å². The van der Waals surface area contributed by atoms with Crippen LogP contribution in [0.5, 0.6) is 0 Å². The molecule has 0 saturated carbocycles. The average Bonchev–Trinajstić information content (AvgIpc) is 3.06. The molecule has 1 amide bonds. The van der Waals surface area contributed by atoms with Gasteiger partial charge in [-0.1, -0.05) is 12.1 Å². The molecule has 8 heteroatoms. The van der Waals surface area contributed by atoms with Gasteiger partial charge in [0.05, 0.1) is 12.1 Å². The van der Waals surface area contributed by atoms with E-state index in [0.717, 1.165) is 17.8 Å². The molecular formula is C20H24ClF3N2O2. The molecule has 0 fully saturated rings. The molecule has 1 aromatic heterocycles. The number of carbonyl (C=O) groups is 1. The zero-order valence-electron chi connectivity index (χ0n) is 15.9. The number of halogens is 4. The van der Waals surface area contributed by atoms with Crippen LogP contribution in [0.1, 0.15) is 30.2 Å². The molecule has 2 aromatic rings. The lowest BCUT2D eigenvalue weighted by atomic mass is 10.1. The van der Waals surface area contributed by atoms with Crippen molar-refractivity contribution in [1.82, 2.24) is 9.47 Å². The molecule has 28 heavy (non-hydrogen) atoms. The van der Waals surface area contributed by atoms with Crippen LogP contribution in [0, 0.1) is 0 Å². The number of amides is 1. The van der Waals surface area contributed by atoms with Gasteiger partial charge in [-0.15, -0.1) is 11.6 Å². The lowest BCUT2D eigenvalue weighted by Crippen LogP contribution is -2.37. The summed E-state index contributed by atoms with van der Waals surface area (Å²) in [6, 6.07) is 8.91. The van der Waals surface area contributed by atoms with Gasteiger partial charge < -0.3 is 14.2 Å². The number of hydrogen-bond acceptors (Lipinski definition) is 2. The molecule has 0 N–H and O–H groups in total. The summed E-state index contributed by atoms with van der Waals surface area (Å²) < 4.78 is 45.7. The topological polar surface area (TPSA) is 34.5 Å². The molecule has 4 nitrogen and oxygen atoms in total. The number of aromatic nitrogens is 1. The second-order valence-electron chi connectivity index (χ2n) is 6.55. The van der Waals surface area contributed by atoms with Crippen molar-refractivity contribution in [3.05, 3.63) is 59.4 Å². The predicted octanol–water partition coefficient (Wildman–Crippen LogP) is 4.55. The molecule has 0 radical (unpaired) electrons. The van der Waals surface area contributed by atoms with Gasteiger partial charge in [0.1, 0.15) is 5.38 Å². The number of hydrogen-bond donors (Lipinski definition) is 0. The van der Waals surface area contributed by atoms with Crippen LogP contribution in [0.25, 0.3) is 0 Å². The van der Waals surface area contributed by atoms with Crippen LogP contribution in [0.3, 0.4) is 0 Å². The fraction of sp³-hybridized carbons (Fsp3) is 0.450. The second-order valence-corrected chi connectivity index (χ2v) is 7.20. The Hall–Kier alpha value is -1.99. The number of benzene rings is 1. The maximum absolute atomic E-state index is 12.9. The minimum absolute atomic E-state index is 0.190. The Kier molecular flexibility index (Phi) is 7.95. The van der Waals surface area contributed by atoms with E-state index in [1.165, 1.54) is 6.07 Å². The highest BCUT2D eigenvalue weighted by Gasteiger charge is 2.30. The number of carbonyl (C=O) groups excluding carboxylic acids is 1. The quantitative estimate of drug-likeness (QED) is 0.444. The molecule has 1 atom stereocenters. The van der Waals surface area contributed by atoms with Gasteiger partial charge in [-0.2, -0.15) is 13.2 Å². The molecule has 0 bridgehead atoms. The van der Waals surface area contributed by atoms with Gasteiger partial charge in [0.25, 0.3) is 0 Å². The number of ether oxygens (including phenoxy) is 1. The van der Waals surface area contributed by atoms with Crippen LogP contribution in [-0.4, -0.2) is 41.0 Å². The van der Waals surface area contributed by atoms with Gasteiger partial charge in [-0.25, -0.2) is 0 Å². The highest BCUT2D eigenvalue weighted by molar-refractivity contribution is 6.30. The van der Waals surface area contributed by atoms with E-state index in [4.69, 9.17) is 16.3 Å². The molecule has 1 unspecified atom stereocenters. The van der Waals surface area contributed by atoms with E-state index in [2.05, 4.69) is 0 Å². The SMILES string of the molecule is COCCCN(Cc1cccn1Cc1cccc(C(F)(F)F)c1)C(=O)C(C)Cl. The van der Waals surface area contributed by atoms with Gasteiger partial charge >= 0.3 is 6.18 Å². The summed E-state index contributed by atoms with van der Waals surface area (Å²) in [6.45, 7) is 3.23. The van der Waals surface area contributed by atoms with Crippen LogP contribution in [0.15, 0.2) is 42.6 Å². The zero-order valence-corrected chi connectivity index (χ0v) is 16.6.